The van der Waals surface area contributed by atoms with Crippen LogP contribution in [0.15, 0.2) is 11.3 Å². The molecular weight excluding hydrogens is 210 g/mol. The van der Waals surface area contributed by atoms with Gasteiger partial charge in [0.15, 0.2) is 0 Å². The van der Waals surface area contributed by atoms with E-state index < -0.39 is 0 Å². The summed E-state index contributed by atoms with van der Waals surface area (Å²) in [5, 5.41) is 2.96. The molecule has 0 radical (unpaired) electrons. The SMILES string of the molecule is CCC(C)C1C(Cl)=CON1C1CC1(C)C. The second-order valence-electron chi connectivity index (χ2n) is 5.51. The predicted molar refractivity (Wildman–Crippen MR) is 62.3 cm³/mol. The van der Waals surface area contributed by atoms with Gasteiger partial charge in [0, 0.05) is 0 Å². The van der Waals surface area contributed by atoms with Gasteiger partial charge >= 0.3 is 0 Å². The van der Waals surface area contributed by atoms with E-state index in [9.17, 15) is 0 Å². The topological polar surface area (TPSA) is 12.5 Å². The maximum absolute atomic E-state index is 6.21. The lowest BCUT2D eigenvalue weighted by molar-refractivity contribution is -0.130. The van der Waals surface area contributed by atoms with Gasteiger partial charge in [-0.25, -0.2) is 0 Å². The Morgan fingerprint density at radius 3 is 2.73 bits per heavy atom. The Balaban J connectivity index is 2.08. The Bertz CT molecular complexity index is 287. The Hall–Kier alpha value is -0.210. The third-order valence-corrected chi connectivity index (χ3v) is 4.11. The quantitative estimate of drug-likeness (QED) is 0.734. The molecule has 1 aliphatic heterocycles. The molecule has 2 rings (SSSR count). The van der Waals surface area contributed by atoms with Gasteiger partial charge in [-0.2, -0.15) is 0 Å². The van der Waals surface area contributed by atoms with E-state index in [1.165, 1.54) is 6.42 Å². The van der Waals surface area contributed by atoms with Crippen molar-refractivity contribution < 1.29 is 4.84 Å². The van der Waals surface area contributed by atoms with E-state index in [-0.39, 0.29) is 6.04 Å². The molecule has 0 bridgehead atoms. The lowest BCUT2D eigenvalue weighted by Gasteiger charge is -2.28. The van der Waals surface area contributed by atoms with Crippen molar-refractivity contribution in [3.8, 4) is 0 Å². The number of hydrogen-bond donors (Lipinski definition) is 0. The van der Waals surface area contributed by atoms with Crippen LogP contribution < -0.4 is 0 Å². The minimum absolute atomic E-state index is 0.267. The summed E-state index contributed by atoms with van der Waals surface area (Å²) in [5.74, 6) is 0.549. The molecule has 3 unspecified atom stereocenters. The van der Waals surface area contributed by atoms with Crippen molar-refractivity contribution >= 4 is 11.6 Å². The molecule has 2 aliphatic rings. The van der Waals surface area contributed by atoms with Crippen LogP contribution in [0.25, 0.3) is 0 Å². The summed E-state index contributed by atoms with van der Waals surface area (Å²) >= 11 is 6.21. The zero-order chi connectivity index (χ0) is 11.2. The minimum Gasteiger partial charge on any atom is -0.412 e. The van der Waals surface area contributed by atoms with Crippen molar-refractivity contribution in [2.75, 3.05) is 0 Å². The smallest absolute Gasteiger partial charge is 0.127 e. The van der Waals surface area contributed by atoms with Gasteiger partial charge < -0.3 is 4.84 Å². The van der Waals surface area contributed by atoms with Crippen molar-refractivity contribution in [3.63, 3.8) is 0 Å². The summed E-state index contributed by atoms with van der Waals surface area (Å²) in [6, 6.07) is 0.799. The first-order chi connectivity index (χ1) is 6.97. The van der Waals surface area contributed by atoms with Gasteiger partial charge in [-0.3, -0.25) is 0 Å². The third-order valence-electron chi connectivity index (χ3n) is 3.80. The summed E-state index contributed by atoms with van der Waals surface area (Å²) in [5.41, 5.74) is 0.390. The molecular formula is C12H20ClNO. The molecule has 86 valence electrons. The molecule has 3 atom stereocenters. The molecule has 0 amide bonds. The number of hydroxylamine groups is 2. The van der Waals surface area contributed by atoms with E-state index in [0.29, 0.717) is 17.4 Å². The molecule has 2 nitrogen and oxygen atoms in total. The molecule has 1 heterocycles. The van der Waals surface area contributed by atoms with Crippen LogP contribution in [-0.2, 0) is 4.84 Å². The summed E-state index contributed by atoms with van der Waals surface area (Å²) in [6.07, 6.45) is 4.03. The normalized spacial score (nSPS) is 35.9. The van der Waals surface area contributed by atoms with Crippen LogP contribution in [-0.4, -0.2) is 17.1 Å². The first kappa shape index (κ1) is 11.3. The molecule has 0 N–H and O–H groups in total. The average Bonchev–Trinajstić information content (AvgIpc) is 2.64. The fraction of sp³-hybridized carbons (Fsp3) is 0.833. The molecule has 1 aliphatic carbocycles. The highest BCUT2D eigenvalue weighted by atomic mass is 35.5. The van der Waals surface area contributed by atoms with Crippen LogP contribution in [0.4, 0.5) is 0 Å². The van der Waals surface area contributed by atoms with Gasteiger partial charge in [0.05, 0.1) is 17.1 Å². The van der Waals surface area contributed by atoms with Gasteiger partial charge in [0.25, 0.3) is 0 Å². The van der Waals surface area contributed by atoms with Crippen molar-refractivity contribution in [2.24, 2.45) is 11.3 Å². The summed E-state index contributed by atoms with van der Waals surface area (Å²) < 4.78 is 0. The van der Waals surface area contributed by atoms with Gasteiger partial charge in [0.2, 0.25) is 0 Å². The van der Waals surface area contributed by atoms with Crippen LogP contribution in [0.2, 0.25) is 0 Å². The molecule has 0 spiro atoms. The first-order valence-electron chi connectivity index (χ1n) is 5.78. The lowest BCUT2D eigenvalue weighted by atomic mass is 9.98. The molecule has 15 heavy (non-hydrogen) atoms. The lowest BCUT2D eigenvalue weighted by Crippen LogP contribution is -2.38. The second-order valence-corrected chi connectivity index (χ2v) is 5.94. The number of halogens is 1. The van der Waals surface area contributed by atoms with Gasteiger partial charge in [-0.05, 0) is 17.8 Å². The summed E-state index contributed by atoms with van der Waals surface area (Å²) in [7, 11) is 0. The maximum Gasteiger partial charge on any atom is 0.127 e. The molecule has 1 saturated carbocycles. The molecule has 0 aromatic carbocycles. The standard InChI is InChI=1S/C12H20ClNO/c1-5-8(2)11-9(13)7-15-14(11)10-6-12(10,3)4/h7-8,10-11H,5-6H2,1-4H3. The first-order valence-corrected chi connectivity index (χ1v) is 6.16. The van der Waals surface area contributed by atoms with Crippen molar-refractivity contribution in [1.29, 1.82) is 0 Å². The van der Waals surface area contributed by atoms with E-state index in [1.54, 1.807) is 6.26 Å². The third kappa shape index (κ3) is 1.90. The van der Waals surface area contributed by atoms with Crippen LogP contribution in [0, 0.1) is 11.3 Å². The van der Waals surface area contributed by atoms with Gasteiger partial charge in [-0.15, -0.1) is 5.06 Å². The zero-order valence-electron chi connectivity index (χ0n) is 9.96. The highest BCUT2D eigenvalue weighted by Crippen LogP contribution is 2.52. The Morgan fingerprint density at radius 2 is 2.27 bits per heavy atom. The number of hydrogen-bond acceptors (Lipinski definition) is 2. The maximum atomic E-state index is 6.21. The Morgan fingerprint density at radius 1 is 1.67 bits per heavy atom. The molecule has 3 heteroatoms. The summed E-state index contributed by atoms with van der Waals surface area (Å²) in [6.45, 7) is 8.99. The average molecular weight is 230 g/mol. The number of rotatable bonds is 3. The molecule has 1 fully saturated rings. The van der Waals surface area contributed by atoms with Crippen LogP contribution in [0.3, 0.4) is 0 Å². The van der Waals surface area contributed by atoms with Crippen molar-refractivity contribution in [1.82, 2.24) is 5.06 Å². The summed E-state index contributed by atoms with van der Waals surface area (Å²) in [4.78, 5) is 5.60. The molecule has 0 saturated heterocycles. The second kappa shape index (κ2) is 3.67. The van der Waals surface area contributed by atoms with E-state index in [2.05, 4.69) is 32.8 Å². The van der Waals surface area contributed by atoms with E-state index in [0.717, 1.165) is 11.5 Å². The Labute approximate surface area is 97.2 Å². The fourth-order valence-corrected chi connectivity index (χ4v) is 2.61. The highest BCUT2D eigenvalue weighted by molar-refractivity contribution is 6.30. The molecule has 0 aromatic heterocycles. The van der Waals surface area contributed by atoms with Crippen LogP contribution in [0.5, 0.6) is 0 Å². The van der Waals surface area contributed by atoms with E-state index in [1.807, 2.05) is 0 Å². The Kier molecular flexibility index (Phi) is 2.76. The largest absolute Gasteiger partial charge is 0.412 e. The van der Waals surface area contributed by atoms with Crippen molar-refractivity contribution in [2.45, 2.75) is 52.6 Å². The monoisotopic (exact) mass is 229 g/mol. The number of nitrogens with zero attached hydrogens (tertiary/aromatic N) is 1. The van der Waals surface area contributed by atoms with Crippen molar-refractivity contribution in [3.05, 3.63) is 11.3 Å². The van der Waals surface area contributed by atoms with E-state index in [4.69, 9.17) is 16.4 Å². The van der Waals surface area contributed by atoms with Crippen LogP contribution in [0.1, 0.15) is 40.5 Å². The minimum atomic E-state index is 0.267. The van der Waals surface area contributed by atoms with Gasteiger partial charge in [-0.1, -0.05) is 45.7 Å². The highest BCUT2D eigenvalue weighted by Gasteiger charge is 2.54. The zero-order valence-corrected chi connectivity index (χ0v) is 10.7. The van der Waals surface area contributed by atoms with Crippen LogP contribution >= 0.6 is 11.6 Å². The predicted octanol–water partition coefficient (Wildman–Crippen LogP) is 3.53. The van der Waals surface area contributed by atoms with Gasteiger partial charge in [0.1, 0.15) is 6.26 Å². The van der Waals surface area contributed by atoms with E-state index >= 15 is 0 Å². The molecule has 0 aromatic rings. The fourth-order valence-electron chi connectivity index (χ4n) is 2.26.